The van der Waals surface area contributed by atoms with Gasteiger partial charge in [0, 0.05) is 49.3 Å². The Morgan fingerprint density at radius 2 is 1.12 bits per heavy atom. The summed E-state index contributed by atoms with van der Waals surface area (Å²) in [4.78, 5) is 51.7. The van der Waals surface area contributed by atoms with E-state index in [-0.39, 0.29) is 35.1 Å². The van der Waals surface area contributed by atoms with Crippen LogP contribution in [0.15, 0.2) is 94.6 Å². The summed E-state index contributed by atoms with van der Waals surface area (Å²) in [6.07, 6.45) is 6.47. The van der Waals surface area contributed by atoms with Gasteiger partial charge in [0.25, 0.3) is 5.56 Å². The Kier molecular flexibility index (Phi) is 7.43. The largest absolute Gasteiger partial charge is 0.466 e. The molecule has 4 unspecified atom stereocenters. The molecular formula is C32H32N2O6. The summed E-state index contributed by atoms with van der Waals surface area (Å²) in [6, 6.07) is 19.9. The molecule has 8 nitrogen and oxygen atoms in total. The van der Waals surface area contributed by atoms with Crippen LogP contribution in [0.2, 0.25) is 0 Å². The number of carbonyl (C=O) groups excluding carboxylic acids is 2. The highest BCUT2D eigenvalue weighted by Crippen LogP contribution is 2.66. The third-order valence-corrected chi connectivity index (χ3v) is 8.51. The van der Waals surface area contributed by atoms with Crippen LogP contribution < -0.4 is 11.2 Å². The van der Waals surface area contributed by atoms with Crippen molar-refractivity contribution >= 4 is 11.9 Å². The van der Waals surface area contributed by atoms with Gasteiger partial charge in [-0.2, -0.15) is 0 Å². The number of nitrogens with zero attached hydrogens (tertiary/aromatic N) is 2. The number of aromatic nitrogens is 2. The highest BCUT2D eigenvalue weighted by Gasteiger charge is 2.58. The van der Waals surface area contributed by atoms with Gasteiger partial charge in [-0.05, 0) is 34.8 Å². The fourth-order valence-electron chi connectivity index (χ4n) is 6.94. The second kappa shape index (κ2) is 11.0. The minimum atomic E-state index is -0.497. The van der Waals surface area contributed by atoms with Crippen LogP contribution in [0.1, 0.15) is 46.1 Å². The molecule has 0 N–H and O–H groups in total. The predicted molar refractivity (Wildman–Crippen MR) is 150 cm³/mol. The number of hydrogen-bond donors (Lipinski definition) is 0. The van der Waals surface area contributed by atoms with Crippen molar-refractivity contribution in [3.8, 4) is 0 Å². The van der Waals surface area contributed by atoms with Gasteiger partial charge in [0.15, 0.2) is 0 Å². The monoisotopic (exact) mass is 540 g/mol. The van der Waals surface area contributed by atoms with E-state index in [0.29, 0.717) is 11.3 Å². The maximum atomic E-state index is 13.9. The number of hydrogen-bond acceptors (Lipinski definition) is 6. The van der Waals surface area contributed by atoms with Crippen LogP contribution in [-0.4, -0.2) is 35.3 Å². The number of benzene rings is 2. The van der Waals surface area contributed by atoms with Crippen LogP contribution in [0, 0.1) is 11.8 Å². The van der Waals surface area contributed by atoms with Crippen molar-refractivity contribution in [3.63, 3.8) is 0 Å². The minimum absolute atomic E-state index is 0.176. The van der Waals surface area contributed by atoms with Gasteiger partial charge in [0.1, 0.15) is 0 Å². The normalized spacial score (nSPS) is 25.2. The molecule has 4 atom stereocenters. The van der Waals surface area contributed by atoms with E-state index in [4.69, 9.17) is 9.47 Å². The van der Waals surface area contributed by atoms with Crippen LogP contribution in [0.3, 0.4) is 0 Å². The molecule has 2 bridgehead atoms. The quantitative estimate of drug-likeness (QED) is 0.351. The van der Waals surface area contributed by atoms with E-state index in [0.717, 1.165) is 15.7 Å². The first kappa shape index (κ1) is 27.1. The average molecular weight is 541 g/mol. The topological polar surface area (TPSA) is 96.6 Å². The summed E-state index contributed by atoms with van der Waals surface area (Å²) in [7, 11) is 5.84. The van der Waals surface area contributed by atoms with E-state index in [1.54, 1.807) is 11.6 Å². The molecule has 3 aliphatic carbocycles. The van der Waals surface area contributed by atoms with Crippen molar-refractivity contribution in [3.05, 3.63) is 128 Å². The molecule has 0 saturated heterocycles. The average Bonchev–Trinajstić information content (AvgIpc) is 3.00. The predicted octanol–water partition coefficient (Wildman–Crippen LogP) is 3.54. The van der Waals surface area contributed by atoms with Crippen molar-refractivity contribution in [1.82, 2.24) is 9.13 Å². The molecule has 1 aromatic heterocycles. The summed E-state index contributed by atoms with van der Waals surface area (Å²) in [6.45, 7) is 0. The van der Waals surface area contributed by atoms with E-state index in [1.165, 1.54) is 33.4 Å². The fourth-order valence-corrected chi connectivity index (χ4v) is 6.94. The summed E-state index contributed by atoms with van der Waals surface area (Å²) in [5, 5.41) is 0. The smallest absolute Gasteiger partial charge is 0.330 e. The molecule has 0 radical (unpaired) electrons. The molecule has 3 aliphatic rings. The van der Waals surface area contributed by atoms with Crippen LogP contribution in [0.25, 0.3) is 0 Å². The molecule has 40 heavy (non-hydrogen) atoms. The summed E-state index contributed by atoms with van der Waals surface area (Å²) >= 11 is 0. The first-order chi connectivity index (χ1) is 19.3. The number of esters is 2. The third-order valence-electron chi connectivity index (χ3n) is 8.51. The highest BCUT2D eigenvalue weighted by molar-refractivity contribution is 5.82. The van der Waals surface area contributed by atoms with Crippen LogP contribution in [0.5, 0.6) is 0 Å². The zero-order valence-electron chi connectivity index (χ0n) is 22.9. The Bertz CT molecular complexity index is 1520. The molecule has 1 saturated carbocycles. The zero-order valence-corrected chi connectivity index (χ0v) is 22.9. The summed E-state index contributed by atoms with van der Waals surface area (Å²) in [5.41, 5.74) is 2.55. The van der Waals surface area contributed by atoms with Crippen molar-refractivity contribution in [2.24, 2.45) is 25.9 Å². The third kappa shape index (κ3) is 4.43. The van der Waals surface area contributed by atoms with Crippen LogP contribution in [-0.2, 0) is 33.2 Å². The number of allylic oxidation sites excluding steroid dienone is 2. The Morgan fingerprint density at radius 1 is 0.675 bits per heavy atom. The number of ether oxygens (including phenoxy) is 2. The van der Waals surface area contributed by atoms with Crippen molar-refractivity contribution in [2.45, 2.75) is 23.7 Å². The van der Waals surface area contributed by atoms with Gasteiger partial charge in [-0.1, -0.05) is 72.8 Å². The lowest BCUT2D eigenvalue weighted by Crippen LogP contribution is -2.53. The van der Waals surface area contributed by atoms with Crippen molar-refractivity contribution in [1.29, 1.82) is 0 Å². The zero-order chi connectivity index (χ0) is 28.6. The van der Waals surface area contributed by atoms with E-state index in [9.17, 15) is 19.2 Å². The van der Waals surface area contributed by atoms with Gasteiger partial charge in [-0.15, -0.1) is 0 Å². The van der Waals surface area contributed by atoms with Gasteiger partial charge in [-0.3, -0.25) is 13.9 Å². The molecule has 6 rings (SSSR count). The molecule has 3 aromatic rings. The van der Waals surface area contributed by atoms with Crippen molar-refractivity contribution in [2.75, 3.05) is 14.2 Å². The first-order valence-electron chi connectivity index (χ1n) is 13.2. The Hall–Kier alpha value is -4.46. The molecule has 2 aromatic carbocycles. The molecule has 206 valence electrons. The van der Waals surface area contributed by atoms with Crippen molar-refractivity contribution < 1.29 is 19.1 Å². The Morgan fingerprint density at radius 3 is 1.55 bits per heavy atom. The lowest BCUT2D eigenvalue weighted by Gasteiger charge is -2.56. The van der Waals surface area contributed by atoms with Crippen LogP contribution in [0.4, 0.5) is 0 Å². The van der Waals surface area contributed by atoms with E-state index >= 15 is 0 Å². The van der Waals surface area contributed by atoms with E-state index in [2.05, 4.69) is 0 Å². The molecular weight excluding hydrogens is 508 g/mol. The lowest BCUT2D eigenvalue weighted by atomic mass is 9.47. The van der Waals surface area contributed by atoms with Gasteiger partial charge in [-0.25, -0.2) is 14.4 Å². The summed E-state index contributed by atoms with van der Waals surface area (Å²) in [5.74, 6) is -2.74. The molecule has 1 fully saturated rings. The molecule has 0 aliphatic heterocycles. The maximum absolute atomic E-state index is 13.9. The maximum Gasteiger partial charge on any atom is 0.330 e. The number of rotatable bonds is 6. The van der Waals surface area contributed by atoms with Gasteiger partial charge >= 0.3 is 17.6 Å². The SMILES string of the molecule is COC(=O)/C=C/C1C2c3c(n(C)c(=O)n(C)c3=O)C(C1c1ccccc1)C(c1ccccc1)C2/C=C/C(=O)OC. The Balaban J connectivity index is 1.89. The molecule has 8 heteroatoms. The van der Waals surface area contributed by atoms with Gasteiger partial charge in [0.05, 0.1) is 14.2 Å². The Labute approximate surface area is 232 Å². The highest BCUT2D eigenvalue weighted by atomic mass is 16.5. The van der Waals surface area contributed by atoms with Gasteiger partial charge in [0.2, 0.25) is 0 Å². The molecule has 1 heterocycles. The second-order valence-corrected chi connectivity index (χ2v) is 10.3. The second-order valence-electron chi connectivity index (χ2n) is 10.3. The standard InChI is InChI=1S/C32H32N2O6/c1-33-30-28-25(19-11-7-5-8-12-19)21(15-17-23(35)39-3)27(29(30)31(37)34(2)32(33)38)22(16-18-24(36)40-4)26(28)20-13-9-6-10-14-20/h5-18,21-22,25-28H,1-4H3/b17-15+,18-16+. The molecule has 0 spiro atoms. The fraction of sp³-hybridized carbons (Fsp3) is 0.312. The van der Waals surface area contributed by atoms with E-state index in [1.807, 2.05) is 72.8 Å². The molecule has 0 amide bonds. The first-order valence-corrected chi connectivity index (χ1v) is 13.2. The minimum Gasteiger partial charge on any atom is -0.466 e. The number of fused-ring (bicyclic) bond motifs is 2. The van der Waals surface area contributed by atoms with Crippen LogP contribution >= 0.6 is 0 Å². The van der Waals surface area contributed by atoms with E-state index < -0.39 is 23.5 Å². The number of carbonyl (C=O) groups is 2. The summed E-state index contributed by atoms with van der Waals surface area (Å²) < 4.78 is 12.5. The lowest BCUT2D eigenvalue weighted by molar-refractivity contribution is -0.135. The van der Waals surface area contributed by atoms with Gasteiger partial charge < -0.3 is 9.47 Å². The number of methoxy groups -OCH3 is 2.